The van der Waals surface area contributed by atoms with Gasteiger partial charge in [-0.05, 0) is 79.4 Å². The predicted molar refractivity (Wildman–Crippen MR) is 208 cm³/mol. The summed E-state index contributed by atoms with van der Waals surface area (Å²) in [6, 6.07) is 22.9. The molecule has 1 aliphatic heterocycles. The fraction of sp³-hybridized carbons (Fsp3) is 0.243. The van der Waals surface area contributed by atoms with Crippen LogP contribution in [0.15, 0.2) is 107 Å². The van der Waals surface area contributed by atoms with Crippen LogP contribution in [0.4, 0.5) is 23.3 Å². The first kappa shape index (κ1) is 38.3. The van der Waals surface area contributed by atoms with Crippen molar-refractivity contribution in [2.24, 2.45) is 16.2 Å². The molecule has 0 radical (unpaired) electrons. The molecule has 0 atom stereocenters. The molecule has 3 heterocycles. The number of rotatable bonds is 10. The smallest absolute Gasteiger partial charge is 0.238 e. The lowest BCUT2D eigenvalue weighted by atomic mass is 10.1. The number of nitrogens with two attached hydrogens (primary N) is 2. The Labute approximate surface area is 313 Å². The number of piperidine rings is 1. The fourth-order valence-electron chi connectivity index (χ4n) is 5.90. The van der Waals surface area contributed by atoms with Crippen LogP contribution in [0, 0.1) is 5.92 Å². The topological polar surface area (TPSA) is 229 Å². The second-order valence-electron chi connectivity index (χ2n) is 13.2. The number of nitrogens with zero attached hydrogens (tertiary/aromatic N) is 5. The van der Waals surface area contributed by atoms with Crippen LogP contribution in [-0.4, -0.2) is 72.5 Å². The lowest BCUT2D eigenvalue weighted by Crippen LogP contribution is -2.39. The Balaban J connectivity index is 0.000000197. The number of fused-ring (bicyclic) bond motifs is 2. The van der Waals surface area contributed by atoms with Gasteiger partial charge in [0.05, 0.1) is 9.79 Å². The first-order valence-corrected chi connectivity index (χ1v) is 20.2. The molecule has 2 aromatic heterocycles. The van der Waals surface area contributed by atoms with Crippen LogP contribution in [0.5, 0.6) is 11.5 Å². The standard InChI is InChI=1S/C23H29N5O3S.C14H12N4O3S/c1-16(2)15-28-12-10-19(11-13-28)31-21-5-3-4-17-14-25-23(27-22(17)21)26-18-6-8-20(9-7-18)32(24,29)30;15-22(20,21)11-6-4-10(5-7-11)17-14-16-8-9-2-1-3-12(19)13(9)18-14/h3-9,14,16,19H,10-13,15H2,1-2H3,(H2,24,29,30)(H,25,26,27);1-8,19H,(H2,15,20,21)(H,16,17,18). The number of sulfonamides is 2. The quantitative estimate of drug-likeness (QED) is 0.120. The summed E-state index contributed by atoms with van der Waals surface area (Å²) in [6.45, 7) is 7.71. The van der Waals surface area contributed by atoms with Crippen LogP contribution in [0.2, 0.25) is 0 Å². The van der Waals surface area contributed by atoms with Gasteiger partial charge in [-0.15, -0.1) is 0 Å². The van der Waals surface area contributed by atoms with Crippen molar-refractivity contribution in [1.82, 2.24) is 24.8 Å². The van der Waals surface area contributed by atoms with Gasteiger partial charge in [-0.25, -0.2) is 47.0 Å². The van der Waals surface area contributed by atoms with E-state index in [1.807, 2.05) is 18.2 Å². The number of anilines is 4. The minimum Gasteiger partial charge on any atom is -0.506 e. The van der Waals surface area contributed by atoms with Crippen molar-refractivity contribution in [2.45, 2.75) is 42.6 Å². The molecule has 0 bridgehead atoms. The molecule has 6 aromatic rings. The highest BCUT2D eigenvalue weighted by molar-refractivity contribution is 7.89. The van der Waals surface area contributed by atoms with E-state index in [0.29, 0.717) is 28.8 Å². The number of likely N-dealkylation sites (tertiary alicyclic amines) is 1. The monoisotopic (exact) mass is 771 g/mol. The predicted octanol–water partition coefficient (Wildman–Crippen LogP) is 5.25. The van der Waals surface area contributed by atoms with Crippen LogP contribution in [-0.2, 0) is 20.0 Å². The van der Waals surface area contributed by atoms with Crippen LogP contribution >= 0.6 is 0 Å². The molecule has 4 aromatic carbocycles. The van der Waals surface area contributed by atoms with E-state index in [1.165, 1.54) is 24.3 Å². The minimum atomic E-state index is -3.73. The maximum Gasteiger partial charge on any atom is 0.238 e. The SMILES string of the molecule is CC(C)CN1CCC(Oc2cccc3cnc(Nc4ccc(S(N)(=O)=O)cc4)nc23)CC1.NS(=O)(=O)c1ccc(Nc2ncc3cccc(O)c3n2)cc1. The summed E-state index contributed by atoms with van der Waals surface area (Å²) in [7, 11) is -7.45. The highest BCUT2D eigenvalue weighted by Crippen LogP contribution is 2.29. The third kappa shape index (κ3) is 9.94. The van der Waals surface area contributed by atoms with Crippen LogP contribution < -0.4 is 25.6 Å². The molecule has 17 heteroatoms. The third-order valence-corrected chi connectivity index (χ3v) is 10.4. The zero-order valence-electron chi connectivity index (χ0n) is 29.6. The summed E-state index contributed by atoms with van der Waals surface area (Å²) < 4.78 is 51.6. The maximum atomic E-state index is 11.4. The molecule has 0 spiro atoms. The van der Waals surface area contributed by atoms with Crippen LogP contribution in [0.1, 0.15) is 26.7 Å². The second-order valence-corrected chi connectivity index (χ2v) is 16.3. The summed E-state index contributed by atoms with van der Waals surface area (Å²) >= 11 is 0. The Kier molecular flexibility index (Phi) is 11.5. The van der Waals surface area contributed by atoms with Crippen molar-refractivity contribution < 1.29 is 26.7 Å². The van der Waals surface area contributed by atoms with Crippen molar-refractivity contribution in [3.63, 3.8) is 0 Å². The number of aromatic hydroxyl groups is 1. The highest BCUT2D eigenvalue weighted by atomic mass is 32.2. The number of aromatic nitrogens is 4. The van der Waals surface area contributed by atoms with Gasteiger partial charge in [0.15, 0.2) is 0 Å². The van der Waals surface area contributed by atoms with E-state index in [9.17, 15) is 21.9 Å². The van der Waals surface area contributed by atoms with Gasteiger partial charge in [0.25, 0.3) is 0 Å². The summed E-state index contributed by atoms with van der Waals surface area (Å²) in [4.78, 5) is 20.0. The number of para-hydroxylation sites is 2. The lowest BCUT2D eigenvalue weighted by molar-refractivity contribution is 0.0951. The maximum absolute atomic E-state index is 11.4. The van der Waals surface area contributed by atoms with Crippen molar-refractivity contribution >= 4 is 65.1 Å². The van der Waals surface area contributed by atoms with Gasteiger partial charge in [0, 0.05) is 54.2 Å². The number of phenols is 1. The average molecular weight is 772 g/mol. The van der Waals surface area contributed by atoms with E-state index >= 15 is 0 Å². The molecule has 1 saturated heterocycles. The Morgan fingerprint density at radius 3 is 1.72 bits per heavy atom. The molecular weight excluding hydrogens is 731 g/mol. The van der Waals surface area contributed by atoms with Gasteiger partial charge in [0.1, 0.15) is 28.6 Å². The number of primary sulfonamides is 2. The zero-order valence-corrected chi connectivity index (χ0v) is 31.3. The zero-order chi connectivity index (χ0) is 38.5. The molecule has 1 aliphatic rings. The average Bonchev–Trinajstić information content (AvgIpc) is 3.13. The Hall–Kier alpha value is -5.46. The van der Waals surface area contributed by atoms with Crippen molar-refractivity contribution in [2.75, 3.05) is 30.3 Å². The van der Waals surface area contributed by atoms with E-state index in [0.717, 1.165) is 54.5 Å². The van der Waals surface area contributed by atoms with E-state index < -0.39 is 20.0 Å². The third-order valence-electron chi connectivity index (χ3n) is 8.49. The van der Waals surface area contributed by atoms with Crippen LogP contribution in [0.3, 0.4) is 0 Å². The summed E-state index contributed by atoms with van der Waals surface area (Å²) in [5.74, 6) is 2.18. The fourth-order valence-corrected chi connectivity index (χ4v) is 6.93. The van der Waals surface area contributed by atoms with Gasteiger partial charge < -0.3 is 25.4 Å². The molecule has 282 valence electrons. The Morgan fingerprint density at radius 1 is 0.741 bits per heavy atom. The molecule has 54 heavy (non-hydrogen) atoms. The van der Waals surface area contributed by atoms with Gasteiger partial charge in [-0.2, -0.15) is 0 Å². The molecular formula is C37H41N9O6S2. The summed E-state index contributed by atoms with van der Waals surface area (Å²) in [5, 5.41) is 27.6. The number of phenolic OH excluding ortho intramolecular Hbond substituents is 1. The van der Waals surface area contributed by atoms with Crippen molar-refractivity contribution in [1.29, 1.82) is 0 Å². The highest BCUT2D eigenvalue weighted by Gasteiger charge is 2.22. The Bertz CT molecular complexity index is 2460. The van der Waals surface area contributed by atoms with Gasteiger partial charge in [-0.1, -0.05) is 38.1 Å². The van der Waals surface area contributed by atoms with Crippen LogP contribution in [0.25, 0.3) is 21.8 Å². The largest absolute Gasteiger partial charge is 0.506 e. The van der Waals surface area contributed by atoms with Crippen molar-refractivity contribution in [3.05, 3.63) is 97.3 Å². The van der Waals surface area contributed by atoms with Crippen molar-refractivity contribution in [3.8, 4) is 11.5 Å². The molecule has 0 saturated carbocycles. The number of nitrogens with one attached hydrogen (secondary N) is 2. The van der Waals surface area contributed by atoms with Gasteiger partial charge in [0.2, 0.25) is 31.9 Å². The first-order chi connectivity index (χ1) is 25.7. The number of hydrogen-bond donors (Lipinski definition) is 5. The molecule has 7 N–H and O–H groups in total. The second kappa shape index (κ2) is 16.3. The lowest BCUT2D eigenvalue weighted by Gasteiger charge is -2.33. The van der Waals surface area contributed by atoms with E-state index in [-0.39, 0.29) is 27.6 Å². The number of hydrogen-bond acceptors (Lipinski definition) is 13. The van der Waals surface area contributed by atoms with Gasteiger partial charge >= 0.3 is 0 Å². The molecule has 1 fully saturated rings. The molecule has 7 rings (SSSR count). The normalized spacial score (nSPS) is 14.1. The summed E-state index contributed by atoms with van der Waals surface area (Å²) in [6.07, 6.45) is 5.50. The van der Waals surface area contributed by atoms with Gasteiger partial charge in [-0.3, -0.25) is 0 Å². The molecule has 15 nitrogen and oxygen atoms in total. The Morgan fingerprint density at radius 2 is 1.22 bits per heavy atom. The van der Waals surface area contributed by atoms with E-state index in [2.05, 4.69) is 49.3 Å². The molecule has 0 aliphatic carbocycles. The summed E-state index contributed by atoms with van der Waals surface area (Å²) in [5.41, 5.74) is 2.44. The van der Waals surface area contributed by atoms with E-state index in [4.69, 9.17) is 15.0 Å². The number of benzene rings is 4. The number of ether oxygens (including phenoxy) is 1. The first-order valence-electron chi connectivity index (χ1n) is 17.1. The molecule has 0 unspecified atom stereocenters. The molecule has 0 amide bonds. The van der Waals surface area contributed by atoms with E-state index in [1.54, 1.807) is 54.9 Å². The minimum absolute atomic E-state index is 0.0233.